The van der Waals surface area contributed by atoms with Gasteiger partial charge in [-0.1, -0.05) is 18.6 Å². The number of hydrogen-bond donors (Lipinski definition) is 1. The molecule has 0 amide bonds. The summed E-state index contributed by atoms with van der Waals surface area (Å²) in [7, 11) is 0. The first-order valence-electron chi connectivity index (χ1n) is 8.85. The zero-order chi connectivity index (χ0) is 16.5. The van der Waals surface area contributed by atoms with Gasteiger partial charge in [0.2, 0.25) is 0 Å². The largest absolute Gasteiger partial charge is 0.361 e. The van der Waals surface area contributed by atoms with Crippen molar-refractivity contribution in [3.05, 3.63) is 58.8 Å². The molecular weight excluding hydrogens is 296 g/mol. The summed E-state index contributed by atoms with van der Waals surface area (Å²) in [4.78, 5) is 15.2. The number of aromatic nitrogens is 3. The van der Waals surface area contributed by atoms with Crippen molar-refractivity contribution in [2.45, 2.75) is 46.2 Å². The Hall–Kier alpha value is -2.20. The van der Waals surface area contributed by atoms with Gasteiger partial charge < -0.3 is 4.98 Å². The van der Waals surface area contributed by atoms with E-state index < -0.39 is 0 Å². The molecule has 0 atom stereocenters. The number of fused-ring (bicyclic) bond motifs is 2. The fourth-order valence-electron chi connectivity index (χ4n) is 3.54. The molecule has 1 aromatic carbocycles. The Labute approximate surface area is 142 Å². The number of nitrogens with one attached hydrogen (secondary N) is 1. The molecule has 3 heterocycles. The van der Waals surface area contributed by atoms with Crippen molar-refractivity contribution in [2.24, 2.45) is 0 Å². The lowest BCUT2D eigenvalue weighted by molar-refractivity contribution is 0.241. The van der Waals surface area contributed by atoms with Crippen LogP contribution in [0.15, 0.2) is 30.6 Å². The maximum Gasteiger partial charge on any atom is 0.128 e. The fourth-order valence-corrected chi connectivity index (χ4v) is 3.54. The number of hydrogen-bond acceptors (Lipinski definition) is 3. The van der Waals surface area contributed by atoms with Gasteiger partial charge in [0.25, 0.3) is 0 Å². The van der Waals surface area contributed by atoms with Gasteiger partial charge in [-0.2, -0.15) is 0 Å². The van der Waals surface area contributed by atoms with Crippen LogP contribution in [0.5, 0.6) is 0 Å². The number of benzene rings is 1. The maximum absolute atomic E-state index is 4.80. The predicted molar refractivity (Wildman–Crippen MR) is 96.9 cm³/mol. The predicted octanol–water partition coefficient (Wildman–Crippen LogP) is 3.78. The SMILES string of the molecule is CCCc1ncc2c(n1)CN(Cc1c[nH]c3ccc(C)cc13)CC2. The van der Waals surface area contributed by atoms with Crippen molar-refractivity contribution < 1.29 is 0 Å². The van der Waals surface area contributed by atoms with Crippen LogP contribution >= 0.6 is 0 Å². The van der Waals surface area contributed by atoms with Crippen LogP contribution in [-0.4, -0.2) is 26.4 Å². The van der Waals surface area contributed by atoms with E-state index in [4.69, 9.17) is 4.98 Å². The molecule has 4 rings (SSSR count). The summed E-state index contributed by atoms with van der Waals surface area (Å²) in [6.45, 7) is 7.29. The molecule has 0 aliphatic carbocycles. The molecule has 0 radical (unpaired) electrons. The summed E-state index contributed by atoms with van der Waals surface area (Å²) in [6.07, 6.45) is 7.30. The highest BCUT2D eigenvalue weighted by Gasteiger charge is 2.19. The molecule has 0 fully saturated rings. The molecule has 1 aliphatic rings. The Morgan fingerprint density at radius 3 is 3.08 bits per heavy atom. The molecule has 3 aromatic rings. The van der Waals surface area contributed by atoms with E-state index in [-0.39, 0.29) is 0 Å². The number of nitrogens with zero attached hydrogens (tertiary/aromatic N) is 3. The van der Waals surface area contributed by atoms with Gasteiger partial charge in [0, 0.05) is 49.4 Å². The topological polar surface area (TPSA) is 44.8 Å². The highest BCUT2D eigenvalue weighted by Crippen LogP contribution is 2.24. The van der Waals surface area contributed by atoms with Crippen LogP contribution in [0.3, 0.4) is 0 Å². The van der Waals surface area contributed by atoms with Crippen LogP contribution in [0.4, 0.5) is 0 Å². The first-order chi connectivity index (χ1) is 11.7. The molecule has 1 aliphatic heterocycles. The summed E-state index contributed by atoms with van der Waals surface area (Å²) in [5.41, 5.74) is 6.45. The van der Waals surface area contributed by atoms with Gasteiger partial charge in [0.1, 0.15) is 5.82 Å². The third-order valence-electron chi connectivity index (χ3n) is 4.87. The summed E-state index contributed by atoms with van der Waals surface area (Å²) >= 11 is 0. The van der Waals surface area contributed by atoms with E-state index in [1.54, 1.807) is 0 Å². The normalized spacial score (nSPS) is 14.9. The molecule has 1 N–H and O–H groups in total. The van der Waals surface area contributed by atoms with Crippen molar-refractivity contribution in [3.8, 4) is 0 Å². The Morgan fingerprint density at radius 1 is 1.29 bits per heavy atom. The van der Waals surface area contributed by atoms with E-state index in [0.717, 1.165) is 44.7 Å². The van der Waals surface area contributed by atoms with Gasteiger partial charge >= 0.3 is 0 Å². The van der Waals surface area contributed by atoms with Crippen LogP contribution in [0.25, 0.3) is 10.9 Å². The summed E-state index contributed by atoms with van der Waals surface area (Å²) in [5, 5.41) is 1.34. The standard InChI is InChI=1S/C20H24N4/c1-3-4-20-22-10-15-7-8-24(13-19(15)23-20)12-16-11-21-18-6-5-14(2)9-17(16)18/h5-6,9-11,21H,3-4,7-8,12-13H2,1-2H3. The van der Waals surface area contributed by atoms with E-state index in [1.165, 1.54) is 33.3 Å². The number of H-pyrrole nitrogens is 1. The van der Waals surface area contributed by atoms with E-state index in [1.807, 2.05) is 6.20 Å². The van der Waals surface area contributed by atoms with E-state index in [2.05, 4.69) is 53.1 Å². The Morgan fingerprint density at radius 2 is 2.21 bits per heavy atom. The van der Waals surface area contributed by atoms with Gasteiger partial charge in [-0.15, -0.1) is 0 Å². The average Bonchev–Trinajstić information content (AvgIpc) is 2.97. The van der Waals surface area contributed by atoms with Crippen molar-refractivity contribution >= 4 is 10.9 Å². The summed E-state index contributed by atoms with van der Waals surface area (Å²) in [5.74, 6) is 0.987. The van der Waals surface area contributed by atoms with Crippen LogP contribution in [0.1, 0.15) is 41.6 Å². The Kier molecular flexibility index (Phi) is 4.07. The molecule has 0 spiro atoms. The molecule has 0 saturated heterocycles. The maximum atomic E-state index is 4.80. The van der Waals surface area contributed by atoms with E-state index in [9.17, 15) is 0 Å². The monoisotopic (exact) mass is 320 g/mol. The lowest BCUT2D eigenvalue weighted by Gasteiger charge is -2.27. The first-order valence-corrected chi connectivity index (χ1v) is 8.85. The lowest BCUT2D eigenvalue weighted by Crippen LogP contribution is -2.31. The first kappa shape index (κ1) is 15.3. The average molecular weight is 320 g/mol. The van der Waals surface area contributed by atoms with Crippen LogP contribution in [-0.2, 0) is 25.9 Å². The number of aryl methyl sites for hydroxylation is 2. The van der Waals surface area contributed by atoms with E-state index in [0.29, 0.717) is 0 Å². The van der Waals surface area contributed by atoms with Crippen molar-refractivity contribution in [1.29, 1.82) is 0 Å². The third kappa shape index (κ3) is 2.94. The van der Waals surface area contributed by atoms with Crippen molar-refractivity contribution in [2.75, 3.05) is 6.54 Å². The van der Waals surface area contributed by atoms with Gasteiger partial charge in [-0.05, 0) is 43.0 Å². The molecule has 124 valence electrons. The third-order valence-corrected chi connectivity index (χ3v) is 4.87. The second-order valence-corrected chi connectivity index (χ2v) is 6.83. The second-order valence-electron chi connectivity index (χ2n) is 6.83. The summed E-state index contributed by atoms with van der Waals surface area (Å²) in [6, 6.07) is 6.61. The van der Waals surface area contributed by atoms with Gasteiger partial charge in [0.15, 0.2) is 0 Å². The minimum absolute atomic E-state index is 0.924. The van der Waals surface area contributed by atoms with Crippen LogP contribution < -0.4 is 0 Å². The number of rotatable bonds is 4. The van der Waals surface area contributed by atoms with Crippen molar-refractivity contribution in [3.63, 3.8) is 0 Å². The smallest absolute Gasteiger partial charge is 0.128 e. The highest BCUT2D eigenvalue weighted by molar-refractivity contribution is 5.83. The van der Waals surface area contributed by atoms with Crippen LogP contribution in [0.2, 0.25) is 0 Å². The molecule has 0 saturated carbocycles. The van der Waals surface area contributed by atoms with Gasteiger partial charge in [-0.3, -0.25) is 4.90 Å². The molecule has 2 aromatic heterocycles. The quantitative estimate of drug-likeness (QED) is 0.796. The molecule has 0 unspecified atom stereocenters. The van der Waals surface area contributed by atoms with Crippen LogP contribution in [0, 0.1) is 6.92 Å². The van der Waals surface area contributed by atoms with E-state index >= 15 is 0 Å². The minimum Gasteiger partial charge on any atom is -0.361 e. The molecule has 4 nitrogen and oxygen atoms in total. The van der Waals surface area contributed by atoms with Gasteiger partial charge in [-0.25, -0.2) is 9.97 Å². The zero-order valence-corrected chi connectivity index (χ0v) is 14.5. The molecule has 0 bridgehead atoms. The molecule has 24 heavy (non-hydrogen) atoms. The lowest BCUT2D eigenvalue weighted by atomic mass is 10.0. The second kappa shape index (κ2) is 6.36. The van der Waals surface area contributed by atoms with Gasteiger partial charge in [0.05, 0.1) is 5.69 Å². The molecule has 4 heteroatoms. The van der Waals surface area contributed by atoms with Crippen molar-refractivity contribution in [1.82, 2.24) is 19.9 Å². The molecular formula is C20H24N4. The Bertz CT molecular complexity index is 865. The summed E-state index contributed by atoms with van der Waals surface area (Å²) < 4.78 is 0. The fraction of sp³-hybridized carbons (Fsp3) is 0.400. The highest BCUT2D eigenvalue weighted by atomic mass is 15.1. The zero-order valence-electron chi connectivity index (χ0n) is 14.5. The minimum atomic E-state index is 0.924. The Balaban J connectivity index is 1.55. The number of aromatic amines is 1.